The molecular formula is C9H22N2O4S. The molecule has 0 amide bonds. The van der Waals surface area contributed by atoms with E-state index in [0.717, 1.165) is 4.31 Å². The highest BCUT2D eigenvalue weighted by Gasteiger charge is 2.26. The molecule has 6 nitrogen and oxygen atoms in total. The summed E-state index contributed by atoms with van der Waals surface area (Å²) in [7, 11) is 0.906. The highest BCUT2D eigenvalue weighted by atomic mass is 32.2. The molecule has 1 N–H and O–H groups in total. The van der Waals surface area contributed by atoms with E-state index in [1.54, 1.807) is 13.8 Å². The van der Waals surface area contributed by atoms with Crippen LogP contribution in [-0.2, 0) is 14.9 Å². The Morgan fingerprint density at radius 1 is 1.31 bits per heavy atom. The molecule has 0 aromatic rings. The van der Waals surface area contributed by atoms with Crippen LogP contribution in [0.5, 0.6) is 0 Å². The van der Waals surface area contributed by atoms with E-state index in [1.165, 1.54) is 25.5 Å². The van der Waals surface area contributed by atoms with Gasteiger partial charge in [0.2, 0.25) is 0 Å². The van der Waals surface area contributed by atoms with Gasteiger partial charge in [-0.2, -0.15) is 17.0 Å². The number of rotatable bonds is 7. The van der Waals surface area contributed by atoms with Crippen molar-refractivity contribution in [2.24, 2.45) is 0 Å². The van der Waals surface area contributed by atoms with Crippen LogP contribution in [0.4, 0.5) is 0 Å². The first kappa shape index (κ1) is 15.8. The minimum atomic E-state index is -3.50. The van der Waals surface area contributed by atoms with Gasteiger partial charge in [-0.25, -0.2) is 0 Å². The van der Waals surface area contributed by atoms with Gasteiger partial charge in [0.15, 0.2) is 0 Å². The molecule has 0 aliphatic rings. The van der Waals surface area contributed by atoms with Crippen LogP contribution >= 0.6 is 0 Å². The Balaban J connectivity index is 4.53. The summed E-state index contributed by atoms with van der Waals surface area (Å²) in [6, 6.07) is -0.119. The van der Waals surface area contributed by atoms with Gasteiger partial charge in [0, 0.05) is 33.8 Å². The Kier molecular flexibility index (Phi) is 6.42. The molecule has 0 radical (unpaired) electrons. The molecule has 0 aliphatic carbocycles. The van der Waals surface area contributed by atoms with E-state index in [9.17, 15) is 13.5 Å². The zero-order valence-corrected chi connectivity index (χ0v) is 11.4. The number of methoxy groups -OCH3 is 1. The highest BCUT2D eigenvalue weighted by Crippen LogP contribution is 2.08. The summed E-state index contributed by atoms with van der Waals surface area (Å²) in [5, 5.41) is 9.45. The summed E-state index contributed by atoms with van der Waals surface area (Å²) in [4.78, 5) is 0. The molecule has 0 rings (SSSR count). The van der Waals surface area contributed by atoms with E-state index < -0.39 is 16.3 Å². The van der Waals surface area contributed by atoms with E-state index >= 15 is 0 Å². The lowest BCUT2D eigenvalue weighted by Crippen LogP contribution is -2.46. The third-order valence-corrected chi connectivity index (χ3v) is 4.40. The van der Waals surface area contributed by atoms with Crippen LogP contribution in [0.1, 0.15) is 13.8 Å². The average molecular weight is 254 g/mol. The van der Waals surface area contributed by atoms with Crippen molar-refractivity contribution in [2.75, 3.05) is 34.4 Å². The van der Waals surface area contributed by atoms with E-state index in [-0.39, 0.29) is 19.2 Å². The number of hydrogen-bond donors (Lipinski definition) is 1. The van der Waals surface area contributed by atoms with Crippen molar-refractivity contribution in [3.8, 4) is 0 Å². The molecule has 0 heterocycles. The molecule has 7 heteroatoms. The molecule has 0 saturated heterocycles. The maximum atomic E-state index is 11.9. The van der Waals surface area contributed by atoms with E-state index in [1.807, 2.05) is 0 Å². The van der Waals surface area contributed by atoms with Crippen LogP contribution in [0, 0.1) is 0 Å². The predicted octanol–water partition coefficient (Wildman–Crippen LogP) is -0.489. The van der Waals surface area contributed by atoms with Crippen molar-refractivity contribution in [1.82, 2.24) is 8.61 Å². The van der Waals surface area contributed by atoms with Crippen LogP contribution in [-0.4, -0.2) is 68.6 Å². The Morgan fingerprint density at radius 3 is 2.19 bits per heavy atom. The van der Waals surface area contributed by atoms with Crippen molar-refractivity contribution in [2.45, 2.75) is 26.0 Å². The average Bonchev–Trinajstić information content (AvgIpc) is 2.16. The minimum Gasteiger partial charge on any atom is -0.389 e. The minimum absolute atomic E-state index is 0.0211. The van der Waals surface area contributed by atoms with Crippen molar-refractivity contribution in [3.63, 3.8) is 0 Å². The van der Waals surface area contributed by atoms with Gasteiger partial charge in [0.25, 0.3) is 10.2 Å². The smallest absolute Gasteiger partial charge is 0.281 e. The molecule has 0 aliphatic heterocycles. The number of ether oxygens (including phenoxy) is 1. The van der Waals surface area contributed by atoms with Gasteiger partial charge in [0.05, 0.1) is 12.7 Å². The van der Waals surface area contributed by atoms with Crippen LogP contribution in [0.2, 0.25) is 0 Å². The second-order valence-electron chi connectivity index (χ2n) is 4.01. The number of hydrogen-bond acceptors (Lipinski definition) is 4. The Labute approximate surface area is 98.0 Å². The molecule has 0 bridgehead atoms. The lowest BCUT2D eigenvalue weighted by Gasteiger charge is -2.28. The number of aliphatic hydroxyl groups excluding tert-OH is 1. The molecule has 0 spiro atoms. The van der Waals surface area contributed by atoms with Gasteiger partial charge in [0.1, 0.15) is 0 Å². The molecule has 98 valence electrons. The zero-order valence-electron chi connectivity index (χ0n) is 10.5. The van der Waals surface area contributed by atoms with Gasteiger partial charge in [-0.15, -0.1) is 0 Å². The summed E-state index contributed by atoms with van der Waals surface area (Å²) in [6.07, 6.45) is -0.815. The lowest BCUT2D eigenvalue weighted by atomic mass is 10.4. The predicted molar refractivity (Wildman–Crippen MR) is 62.3 cm³/mol. The van der Waals surface area contributed by atoms with Gasteiger partial charge < -0.3 is 9.84 Å². The molecule has 1 atom stereocenters. The number of likely N-dealkylation sites (N-methyl/N-ethyl adjacent to an activating group) is 1. The summed E-state index contributed by atoms with van der Waals surface area (Å²) in [5.74, 6) is 0. The standard InChI is InChI=1S/C9H22N2O4S/c1-8(2)11(4)16(13,14)10(3)6-9(12)7-15-5/h8-9,12H,6-7H2,1-5H3. The van der Waals surface area contributed by atoms with Crippen LogP contribution < -0.4 is 0 Å². The molecule has 1 unspecified atom stereocenters. The largest absolute Gasteiger partial charge is 0.389 e. The third-order valence-electron chi connectivity index (χ3n) is 2.31. The van der Waals surface area contributed by atoms with Crippen molar-refractivity contribution in [3.05, 3.63) is 0 Å². The second-order valence-corrected chi connectivity index (χ2v) is 6.10. The van der Waals surface area contributed by atoms with Gasteiger partial charge >= 0.3 is 0 Å². The Morgan fingerprint density at radius 2 is 1.81 bits per heavy atom. The summed E-state index contributed by atoms with van der Waals surface area (Å²) in [5.41, 5.74) is 0. The lowest BCUT2D eigenvalue weighted by molar-refractivity contribution is 0.0545. The zero-order chi connectivity index (χ0) is 12.9. The quantitative estimate of drug-likeness (QED) is 0.665. The molecule has 0 saturated carbocycles. The van der Waals surface area contributed by atoms with E-state index in [2.05, 4.69) is 0 Å². The fourth-order valence-corrected chi connectivity index (χ4v) is 2.46. The SMILES string of the molecule is COCC(O)CN(C)S(=O)(=O)N(C)C(C)C. The monoisotopic (exact) mass is 254 g/mol. The topological polar surface area (TPSA) is 70.1 Å². The molecule has 0 fully saturated rings. The maximum absolute atomic E-state index is 11.9. The summed E-state index contributed by atoms with van der Waals surface area (Å²) >= 11 is 0. The van der Waals surface area contributed by atoms with Gasteiger partial charge in [-0.05, 0) is 13.8 Å². The van der Waals surface area contributed by atoms with Crippen molar-refractivity contribution in [1.29, 1.82) is 0 Å². The Hall–Kier alpha value is -0.210. The molecular weight excluding hydrogens is 232 g/mol. The first-order valence-electron chi connectivity index (χ1n) is 5.09. The van der Waals surface area contributed by atoms with E-state index in [4.69, 9.17) is 4.74 Å². The molecule has 16 heavy (non-hydrogen) atoms. The Bertz CT molecular complexity index is 292. The number of nitrogens with zero attached hydrogens (tertiary/aromatic N) is 2. The van der Waals surface area contributed by atoms with Crippen LogP contribution in [0.3, 0.4) is 0 Å². The highest BCUT2D eigenvalue weighted by molar-refractivity contribution is 7.86. The third kappa shape index (κ3) is 4.34. The first-order valence-corrected chi connectivity index (χ1v) is 6.49. The van der Waals surface area contributed by atoms with Crippen molar-refractivity contribution < 1.29 is 18.3 Å². The summed E-state index contributed by atoms with van der Waals surface area (Å²) in [6.45, 7) is 3.71. The van der Waals surface area contributed by atoms with Crippen LogP contribution in [0.25, 0.3) is 0 Å². The van der Waals surface area contributed by atoms with Gasteiger partial charge in [-0.1, -0.05) is 0 Å². The fraction of sp³-hybridized carbons (Fsp3) is 1.00. The second kappa shape index (κ2) is 6.51. The molecule has 0 aromatic carbocycles. The van der Waals surface area contributed by atoms with E-state index in [0.29, 0.717) is 0 Å². The van der Waals surface area contributed by atoms with Crippen molar-refractivity contribution >= 4 is 10.2 Å². The first-order chi connectivity index (χ1) is 7.23. The normalized spacial score (nSPS) is 15.1. The van der Waals surface area contributed by atoms with Crippen LogP contribution in [0.15, 0.2) is 0 Å². The fourth-order valence-electron chi connectivity index (χ4n) is 1.12. The molecule has 0 aromatic heterocycles. The maximum Gasteiger partial charge on any atom is 0.281 e. The van der Waals surface area contributed by atoms with Gasteiger partial charge in [-0.3, -0.25) is 0 Å². The number of aliphatic hydroxyl groups is 1. The summed E-state index contributed by atoms with van der Waals surface area (Å²) < 4.78 is 30.9.